The van der Waals surface area contributed by atoms with Gasteiger partial charge in [0.1, 0.15) is 6.33 Å². The van der Waals surface area contributed by atoms with Crippen LogP contribution in [0.5, 0.6) is 0 Å². The van der Waals surface area contributed by atoms with E-state index in [0.29, 0.717) is 0 Å². The lowest BCUT2D eigenvalue weighted by atomic mass is 10.2. The summed E-state index contributed by atoms with van der Waals surface area (Å²) in [5.41, 5.74) is 1.21. The maximum absolute atomic E-state index is 4.19. The third-order valence-electron chi connectivity index (χ3n) is 1.78. The largest absolute Gasteiger partial charge is 0.246 e. The molecule has 0 aliphatic carbocycles. The van der Waals surface area contributed by atoms with Crippen LogP contribution in [0.3, 0.4) is 0 Å². The van der Waals surface area contributed by atoms with Crippen molar-refractivity contribution in [1.82, 2.24) is 14.8 Å². The second-order valence-corrected chi connectivity index (χ2v) is 2.69. The van der Waals surface area contributed by atoms with Crippen LogP contribution < -0.4 is 0 Å². The topological polar surface area (TPSA) is 30.7 Å². The highest BCUT2D eigenvalue weighted by atomic mass is 15.3. The number of hydrogen-bond donors (Lipinski definition) is 0. The molecule has 0 bridgehead atoms. The maximum Gasteiger partial charge on any atom is 0.153 e. The molecular formula is C9H15N3. The average Bonchev–Trinajstić information content (AvgIpc) is 2.51. The van der Waals surface area contributed by atoms with E-state index in [1.807, 2.05) is 4.68 Å². The van der Waals surface area contributed by atoms with Gasteiger partial charge in [0.25, 0.3) is 0 Å². The van der Waals surface area contributed by atoms with Gasteiger partial charge in [-0.2, -0.15) is 5.10 Å². The van der Waals surface area contributed by atoms with Gasteiger partial charge in [-0.15, -0.1) is 0 Å². The first kappa shape index (κ1) is 8.97. The number of rotatable bonds is 3. The van der Waals surface area contributed by atoms with E-state index in [4.69, 9.17) is 0 Å². The van der Waals surface area contributed by atoms with Crippen molar-refractivity contribution in [2.75, 3.05) is 0 Å². The molecule has 0 aromatic carbocycles. The SMILES string of the molecule is CC/C=C(/C)c1ncnn1CC. The Bertz CT molecular complexity index is 273. The van der Waals surface area contributed by atoms with Gasteiger partial charge in [0.2, 0.25) is 0 Å². The summed E-state index contributed by atoms with van der Waals surface area (Å²) in [7, 11) is 0. The van der Waals surface area contributed by atoms with E-state index < -0.39 is 0 Å². The number of aromatic nitrogens is 3. The van der Waals surface area contributed by atoms with Gasteiger partial charge in [-0.1, -0.05) is 13.0 Å². The standard InChI is InChI=1S/C9H15N3/c1-4-6-8(3)9-10-7-11-12(9)5-2/h6-7H,4-5H2,1-3H3/b8-6-. The predicted octanol–water partition coefficient (Wildman–Crippen LogP) is 2.11. The van der Waals surface area contributed by atoms with Crippen molar-refractivity contribution < 1.29 is 0 Å². The summed E-state index contributed by atoms with van der Waals surface area (Å²) >= 11 is 0. The molecule has 0 unspecified atom stereocenters. The zero-order valence-corrected chi connectivity index (χ0v) is 7.91. The Hall–Kier alpha value is -1.12. The van der Waals surface area contributed by atoms with E-state index in [1.54, 1.807) is 6.33 Å². The molecule has 1 aromatic rings. The molecule has 0 saturated heterocycles. The molecule has 0 radical (unpaired) electrons. The molecule has 3 nitrogen and oxygen atoms in total. The van der Waals surface area contributed by atoms with Crippen LogP contribution in [0.2, 0.25) is 0 Å². The second-order valence-electron chi connectivity index (χ2n) is 2.69. The molecule has 1 heterocycles. The maximum atomic E-state index is 4.19. The van der Waals surface area contributed by atoms with Gasteiger partial charge < -0.3 is 0 Å². The highest BCUT2D eigenvalue weighted by Gasteiger charge is 2.02. The van der Waals surface area contributed by atoms with E-state index in [0.717, 1.165) is 18.8 Å². The van der Waals surface area contributed by atoms with Crippen LogP contribution in [0.15, 0.2) is 12.4 Å². The van der Waals surface area contributed by atoms with Crippen LogP contribution in [0.25, 0.3) is 5.57 Å². The number of hydrogen-bond acceptors (Lipinski definition) is 2. The first-order chi connectivity index (χ1) is 5.79. The summed E-state index contributed by atoms with van der Waals surface area (Å²) in [6, 6.07) is 0. The molecule has 0 N–H and O–H groups in total. The van der Waals surface area contributed by atoms with Crippen molar-refractivity contribution >= 4 is 5.57 Å². The third kappa shape index (κ3) is 1.72. The first-order valence-corrected chi connectivity index (χ1v) is 4.34. The molecule has 0 saturated carbocycles. The van der Waals surface area contributed by atoms with Crippen LogP contribution in [-0.4, -0.2) is 14.8 Å². The zero-order chi connectivity index (χ0) is 8.97. The smallest absolute Gasteiger partial charge is 0.153 e. The average molecular weight is 165 g/mol. The van der Waals surface area contributed by atoms with Gasteiger partial charge in [-0.3, -0.25) is 0 Å². The number of nitrogens with zero attached hydrogens (tertiary/aromatic N) is 3. The summed E-state index contributed by atoms with van der Waals surface area (Å²) in [5.74, 6) is 0.986. The van der Waals surface area contributed by atoms with Crippen LogP contribution in [0, 0.1) is 0 Å². The van der Waals surface area contributed by atoms with E-state index in [1.165, 1.54) is 5.57 Å². The zero-order valence-electron chi connectivity index (χ0n) is 7.91. The summed E-state index contributed by atoms with van der Waals surface area (Å²) in [6.45, 7) is 7.14. The van der Waals surface area contributed by atoms with Gasteiger partial charge in [0.15, 0.2) is 5.82 Å². The van der Waals surface area contributed by atoms with Gasteiger partial charge >= 0.3 is 0 Å². The Morgan fingerprint density at radius 2 is 2.33 bits per heavy atom. The molecule has 1 rings (SSSR count). The van der Waals surface area contributed by atoms with Crippen molar-refractivity contribution in [3.8, 4) is 0 Å². The number of aryl methyl sites for hydroxylation is 1. The Balaban J connectivity index is 2.93. The monoisotopic (exact) mass is 165 g/mol. The summed E-state index contributed by atoms with van der Waals surface area (Å²) in [6.07, 6.45) is 4.81. The Morgan fingerprint density at radius 1 is 1.58 bits per heavy atom. The Morgan fingerprint density at radius 3 is 2.92 bits per heavy atom. The summed E-state index contributed by atoms with van der Waals surface area (Å²) in [5, 5.41) is 4.10. The van der Waals surface area contributed by atoms with Crippen LogP contribution >= 0.6 is 0 Å². The quantitative estimate of drug-likeness (QED) is 0.686. The fourth-order valence-corrected chi connectivity index (χ4v) is 1.20. The molecule has 0 aliphatic rings. The van der Waals surface area contributed by atoms with Gasteiger partial charge in [-0.05, 0) is 25.8 Å². The third-order valence-corrected chi connectivity index (χ3v) is 1.78. The van der Waals surface area contributed by atoms with E-state index in [9.17, 15) is 0 Å². The van der Waals surface area contributed by atoms with Crippen molar-refractivity contribution in [1.29, 1.82) is 0 Å². The summed E-state index contributed by atoms with van der Waals surface area (Å²) < 4.78 is 1.90. The van der Waals surface area contributed by atoms with E-state index in [-0.39, 0.29) is 0 Å². The molecular weight excluding hydrogens is 150 g/mol. The fraction of sp³-hybridized carbons (Fsp3) is 0.556. The van der Waals surface area contributed by atoms with Crippen molar-refractivity contribution in [3.05, 3.63) is 18.2 Å². The molecule has 0 fully saturated rings. The molecule has 0 aliphatic heterocycles. The highest BCUT2D eigenvalue weighted by Crippen LogP contribution is 2.10. The van der Waals surface area contributed by atoms with Crippen LogP contribution in [0.1, 0.15) is 33.0 Å². The van der Waals surface area contributed by atoms with Crippen LogP contribution in [0.4, 0.5) is 0 Å². The molecule has 0 atom stereocenters. The van der Waals surface area contributed by atoms with Crippen molar-refractivity contribution in [2.24, 2.45) is 0 Å². The molecule has 0 spiro atoms. The highest BCUT2D eigenvalue weighted by molar-refractivity contribution is 5.56. The Labute approximate surface area is 73.1 Å². The minimum Gasteiger partial charge on any atom is -0.246 e. The molecule has 3 heteroatoms. The molecule has 12 heavy (non-hydrogen) atoms. The lowest BCUT2D eigenvalue weighted by Gasteiger charge is -2.01. The summed E-state index contributed by atoms with van der Waals surface area (Å²) in [4.78, 5) is 4.19. The van der Waals surface area contributed by atoms with Gasteiger partial charge in [0, 0.05) is 6.54 Å². The minimum atomic E-state index is 0.879. The van der Waals surface area contributed by atoms with Gasteiger partial charge in [0.05, 0.1) is 0 Å². The van der Waals surface area contributed by atoms with Crippen molar-refractivity contribution in [3.63, 3.8) is 0 Å². The van der Waals surface area contributed by atoms with E-state index >= 15 is 0 Å². The lowest BCUT2D eigenvalue weighted by molar-refractivity contribution is 0.648. The van der Waals surface area contributed by atoms with Gasteiger partial charge in [-0.25, -0.2) is 9.67 Å². The Kier molecular flexibility index (Phi) is 3.02. The van der Waals surface area contributed by atoms with Crippen molar-refractivity contribution in [2.45, 2.75) is 33.7 Å². The fourth-order valence-electron chi connectivity index (χ4n) is 1.20. The number of allylic oxidation sites excluding steroid dienone is 2. The van der Waals surface area contributed by atoms with E-state index in [2.05, 4.69) is 36.9 Å². The molecule has 0 amide bonds. The minimum absolute atomic E-state index is 0.879. The second kappa shape index (κ2) is 4.04. The predicted molar refractivity (Wildman–Crippen MR) is 49.6 cm³/mol. The first-order valence-electron chi connectivity index (χ1n) is 4.34. The lowest BCUT2D eigenvalue weighted by Crippen LogP contribution is -2.01. The normalized spacial score (nSPS) is 12.1. The van der Waals surface area contributed by atoms with Crippen LogP contribution in [-0.2, 0) is 6.54 Å². The molecule has 1 aromatic heterocycles. The molecule has 66 valence electrons.